The lowest BCUT2D eigenvalue weighted by atomic mass is 9.86. The maximum absolute atomic E-state index is 5.41. The third-order valence-electron chi connectivity index (χ3n) is 9.37. The van der Waals surface area contributed by atoms with Crippen molar-refractivity contribution in [1.82, 2.24) is 49.8 Å². The van der Waals surface area contributed by atoms with Gasteiger partial charge in [0.05, 0.1) is 45.6 Å². The van der Waals surface area contributed by atoms with Crippen LogP contribution in [0.3, 0.4) is 0 Å². The molecule has 0 fully saturated rings. The van der Waals surface area contributed by atoms with Crippen molar-refractivity contribution in [3.8, 4) is 67.5 Å². The molecule has 0 atom stereocenters. The minimum Gasteiger partial charge on any atom is -0.361 e. The Morgan fingerprint density at radius 2 is 1.04 bits per heavy atom. The first-order valence-corrected chi connectivity index (χ1v) is 17.6. The fraction of sp³-hybridized carbons (Fsp3) is 0.0952. The Morgan fingerprint density at radius 3 is 1.53 bits per heavy atom. The molecule has 0 radical (unpaired) electrons. The van der Waals surface area contributed by atoms with E-state index in [0.717, 1.165) is 90.1 Å². The first kappa shape index (κ1) is 33.3. The Kier molecular flexibility index (Phi) is 8.98. The third kappa shape index (κ3) is 6.54. The van der Waals surface area contributed by atoms with Gasteiger partial charge in [0.25, 0.3) is 0 Å². The smallest absolute Gasteiger partial charge is 0.116 e. The molecule has 2 aliphatic heterocycles. The van der Waals surface area contributed by atoms with E-state index in [-0.39, 0.29) is 0 Å². The van der Waals surface area contributed by atoms with Crippen molar-refractivity contribution in [1.29, 1.82) is 0 Å². The van der Waals surface area contributed by atoms with Crippen LogP contribution in [0.15, 0.2) is 144 Å². The van der Waals surface area contributed by atoms with Crippen LogP contribution in [0.25, 0.3) is 67.5 Å². The molecule has 55 heavy (non-hydrogen) atoms. The lowest BCUT2D eigenvalue weighted by molar-refractivity contribution is 0.469. The first-order chi connectivity index (χ1) is 27.2. The van der Waals surface area contributed by atoms with E-state index in [0.29, 0.717) is 19.6 Å². The quantitative estimate of drug-likeness (QED) is 0.166. The summed E-state index contributed by atoms with van der Waals surface area (Å²) in [6.07, 6.45) is 19.5. The molecule has 5 aromatic heterocycles. The Morgan fingerprint density at radius 1 is 0.527 bits per heavy atom. The fourth-order valence-corrected chi connectivity index (χ4v) is 6.91. The summed E-state index contributed by atoms with van der Waals surface area (Å²) in [6, 6.07) is 22.0. The third-order valence-corrected chi connectivity index (χ3v) is 9.37. The molecule has 7 aromatic rings. The Hall–Kier alpha value is -7.54. The zero-order chi connectivity index (χ0) is 37.0. The molecule has 2 aromatic carbocycles. The summed E-state index contributed by atoms with van der Waals surface area (Å²) in [6.45, 7) is 1.12. The summed E-state index contributed by atoms with van der Waals surface area (Å²) in [5.74, 6) is 0. The van der Waals surface area contributed by atoms with Gasteiger partial charge in [0.15, 0.2) is 0 Å². The van der Waals surface area contributed by atoms with Crippen LogP contribution in [0, 0.1) is 0 Å². The number of pyridine rings is 1. The van der Waals surface area contributed by atoms with E-state index < -0.39 is 0 Å². The highest BCUT2D eigenvalue weighted by Gasteiger charge is 2.26. The predicted octanol–water partition coefficient (Wildman–Crippen LogP) is 6.67. The molecular weight excluding hydrogens is 687 g/mol. The summed E-state index contributed by atoms with van der Waals surface area (Å²) in [5, 5.41) is 0. The second-order valence-corrected chi connectivity index (χ2v) is 12.7. The van der Waals surface area contributed by atoms with E-state index in [9.17, 15) is 0 Å². The molecule has 0 aliphatic carbocycles. The zero-order valence-corrected chi connectivity index (χ0v) is 29.6. The minimum absolute atomic E-state index is 0.507. The van der Waals surface area contributed by atoms with Gasteiger partial charge in [0, 0.05) is 95.5 Å². The Balaban J connectivity index is 1.30. The summed E-state index contributed by atoms with van der Waals surface area (Å²) in [4.78, 5) is 57.2. The van der Waals surface area contributed by atoms with Gasteiger partial charge in [-0.1, -0.05) is 30.3 Å². The topological polar surface area (TPSA) is 156 Å². The largest absolute Gasteiger partial charge is 0.361 e. The lowest BCUT2D eigenvalue weighted by Crippen LogP contribution is -2.18. The average Bonchev–Trinajstić information content (AvgIpc) is 3.27. The number of rotatable bonds is 8. The van der Waals surface area contributed by atoms with Gasteiger partial charge < -0.3 is 4.90 Å². The molecule has 13 nitrogen and oxygen atoms in total. The number of hydrogen-bond donors (Lipinski definition) is 0. The summed E-state index contributed by atoms with van der Waals surface area (Å²) in [7, 11) is 2.00. The molecule has 0 amide bonds. The van der Waals surface area contributed by atoms with Crippen LogP contribution in [0.5, 0.6) is 0 Å². The summed E-state index contributed by atoms with van der Waals surface area (Å²) in [5.41, 5.74) is 13.3. The van der Waals surface area contributed by atoms with Crippen LogP contribution in [0.4, 0.5) is 0 Å². The molecule has 264 valence electrons. The van der Waals surface area contributed by atoms with Crippen LogP contribution in [-0.4, -0.2) is 87.8 Å². The van der Waals surface area contributed by atoms with Gasteiger partial charge in [-0.3, -0.25) is 9.98 Å². The van der Waals surface area contributed by atoms with Crippen molar-refractivity contribution in [2.75, 3.05) is 20.3 Å². The van der Waals surface area contributed by atoms with E-state index in [1.54, 1.807) is 56.4 Å². The van der Waals surface area contributed by atoms with E-state index in [1.165, 1.54) is 0 Å². The molecule has 2 aliphatic rings. The zero-order valence-electron chi connectivity index (χ0n) is 29.6. The van der Waals surface area contributed by atoms with Gasteiger partial charge in [-0.15, -0.1) is 0 Å². The number of benzene rings is 2. The van der Waals surface area contributed by atoms with E-state index in [4.69, 9.17) is 24.9 Å². The molecule has 0 N–H and O–H groups in total. The van der Waals surface area contributed by atoms with Gasteiger partial charge in [0.2, 0.25) is 0 Å². The van der Waals surface area contributed by atoms with E-state index in [1.807, 2.05) is 66.7 Å². The van der Waals surface area contributed by atoms with Gasteiger partial charge in [-0.05, 0) is 42.5 Å². The number of aliphatic imine (C=N–C) groups is 3. The highest BCUT2D eigenvalue weighted by Crippen LogP contribution is 2.42. The number of aromatic nitrogens is 9. The Labute approximate surface area is 316 Å². The Bertz CT molecular complexity index is 2630. The van der Waals surface area contributed by atoms with Gasteiger partial charge >= 0.3 is 0 Å². The molecule has 0 spiro atoms. The molecule has 7 heterocycles. The summed E-state index contributed by atoms with van der Waals surface area (Å²) < 4.78 is 0. The maximum atomic E-state index is 5.41. The molecular formula is C42H31N13. The number of nitrogens with zero attached hydrogens (tertiary/aromatic N) is 13. The van der Waals surface area contributed by atoms with Crippen molar-refractivity contribution in [3.63, 3.8) is 0 Å². The van der Waals surface area contributed by atoms with Gasteiger partial charge in [-0.2, -0.15) is 0 Å². The SMILES string of the molecule is CN1C=CC(c2c(-c3ccncn3)ccc(-c3cccc(-c4ccc(-c5ccncn5)c(-c5ccncn5)c4C4=NC=NCC4)n3)c2-c2ccncn2)=NC1. The van der Waals surface area contributed by atoms with E-state index >= 15 is 0 Å². The lowest BCUT2D eigenvalue weighted by Gasteiger charge is -2.23. The van der Waals surface area contributed by atoms with Gasteiger partial charge in [-0.25, -0.2) is 49.8 Å². The van der Waals surface area contributed by atoms with Crippen LogP contribution >= 0.6 is 0 Å². The molecule has 13 heteroatoms. The van der Waals surface area contributed by atoms with Crippen molar-refractivity contribution < 1.29 is 0 Å². The fourth-order valence-electron chi connectivity index (χ4n) is 6.91. The molecule has 0 bridgehead atoms. The standard InChI is InChI=1S/C42H31N13/c1-55-20-14-38(53-26-55)40-28(32-10-16-44-22-49-32)6-8-30(42(40)37-13-19-47-25-52-37)34-4-2-3-33(54-34)29-7-5-27(31-9-15-43-21-48-31)39(35-11-17-45-23-50-35)41(29)36-12-18-46-24-51-36/h2-11,13-17,19-25H,12,18,26H2,1H3. The second-order valence-electron chi connectivity index (χ2n) is 12.7. The van der Waals surface area contributed by atoms with Crippen molar-refractivity contribution in [3.05, 3.63) is 140 Å². The second kappa shape index (κ2) is 14.8. The molecule has 0 saturated heterocycles. The van der Waals surface area contributed by atoms with Crippen LogP contribution < -0.4 is 0 Å². The first-order valence-electron chi connectivity index (χ1n) is 17.6. The summed E-state index contributed by atoms with van der Waals surface area (Å²) >= 11 is 0. The monoisotopic (exact) mass is 717 g/mol. The van der Waals surface area contributed by atoms with Gasteiger partial charge in [0.1, 0.15) is 38.3 Å². The van der Waals surface area contributed by atoms with Crippen LogP contribution in [0.1, 0.15) is 17.5 Å². The van der Waals surface area contributed by atoms with Crippen LogP contribution in [-0.2, 0) is 0 Å². The highest BCUT2D eigenvalue weighted by atomic mass is 15.2. The number of allylic oxidation sites excluding steroid dienone is 1. The highest BCUT2D eigenvalue weighted by molar-refractivity contribution is 6.19. The molecule has 0 saturated carbocycles. The van der Waals surface area contributed by atoms with Crippen molar-refractivity contribution in [2.24, 2.45) is 15.0 Å². The number of hydrogen-bond acceptors (Lipinski definition) is 13. The van der Waals surface area contributed by atoms with E-state index in [2.05, 4.69) is 59.2 Å². The minimum atomic E-state index is 0.507. The molecule has 0 unspecified atom stereocenters. The predicted molar refractivity (Wildman–Crippen MR) is 212 cm³/mol. The normalized spacial score (nSPS) is 13.7. The molecule has 9 rings (SSSR count). The average molecular weight is 718 g/mol. The van der Waals surface area contributed by atoms with Crippen molar-refractivity contribution in [2.45, 2.75) is 6.42 Å². The van der Waals surface area contributed by atoms with Crippen molar-refractivity contribution >= 4 is 17.8 Å². The van der Waals surface area contributed by atoms with Crippen LogP contribution in [0.2, 0.25) is 0 Å². The maximum Gasteiger partial charge on any atom is 0.116 e.